The largest absolute Gasteiger partial charge is 0.287 e. The van der Waals surface area contributed by atoms with E-state index in [2.05, 4.69) is 18.4 Å². The normalized spacial score (nSPS) is 11.6. The van der Waals surface area contributed by atoms with E-state index >= 15 is 0 Å². The first-order chi connectivity index (χ1) is 4.48. The minimum atomic E-state index is -0.985. The molecule has 10 heavy (non-hydrogen) atoms. The van der Waals surface area contributed by atoms with Crippen LogP contribution in [0, 0.1) is 0 Å². The first-order valence-electron chi connectivity index (χ1n) is 3.13. The molecule has 0 heterocycles. The number of hydrogen-bond acceptors (Lipinski definition) is 3. The van der Waals surface area contributed by atoms with Crippen molar-refractivity contribution < 1.29 is 4.79 Å². The predicted octanol–water partition coefficient (Wildman–Crippen LogP) is 1.64. The highest BCUT2D eigenvalue weighted by atomic mass is 32.2. The predicted molar refractivity (Wildman–Crippen MR) is 51.0 cm³/mol. The van der Waals surface area contributed by atoms with E-state index in [1.165, 1.54) is 11.8 Å². The molecule has 0 bridgehead atoms. The lowest BCUT2D eigenvalue weighted by atomic mass is 10.9. The van der Waals surface area contributed by atoms with Crippen molar-refractivity contribution in [2.75, 3.05) is 25.9 Å². The minimum absolute atomic E-state index is 0.211. The van der Waals surface area contributed by atoms with Gasteiger partial charge in [-0.2, -0.15) is 5.09 Å². The molecule has 0 aromatic rings. The van der Waals surface area contributed by atoms with Crippen LogP contribution < -0.4 is 5.09 Å². The van der Waals surface area contributed by atoms with Crippen LogP contribution in [0.2, 0.25) is 0 Å². The molecule has 0 rings (SSSR count). The fourth-order valence-corrected chi connectivity index (χ4v) is 2.85. The Morgan fingerprint density at radius 2 is 2.10 bits per heavy atom. The third kappa shape index (κ3) is 5.21. The van der Waals surface area contributed by atoms with Gasteiger partial charge in [-0.15, -0.1) is 0 Å². The molecule has 0 spiro atoms. The summed E-state index contributed by atoms with van der Waals surface area (Å²) in [7, 11) is 0.968. The average molecular weight is 180 g/mol. The standard InChI is InChI=1S/C6H15NOPS/c1-6(8)10-5-9(3,4)7-2/h7H,5H2,1-4H3/q+1. The molecule has 2 nitrogen and oxygen atoms in total. The van der Waals surface area contributed by atoms with Crippen molar-refractivity contribution in [3.8, 4) is 0 Å². The van der Waals surface area contributed by atoms with Gasteiger partial charge in [-0.05, 0) is 11.8 Å². The van der Waals surface area contributed by atoms with Crippen molar-refractivity contribution >= 4 is 24.3 Å². The number of nitrogens with one attached hydrogen (secondary N) is 1. The van der Waals surface area contributed by atoms with Gasteiger partial charge >= 0.3 is 0 Å². The van der Waals surface area contributed by atoms with Gasteiger partial charge in [0.25, 0.3) is 0 Å². The molecular weight excluding hydrogens is 165 g/mol. The fraction of sp³-hybridized carbons (Fsp3) is 0.833. The molecule has 0 atom stereocenters. The zero-order valence-corrected chi connectivity index (χ0v) is 8.68. The fourth-order valence-electron chi connectivity index (χ4n) is 0.317. The molecule has 1 N–H and O–H groups in total. The van der Waals surface area contributed by atoms with Crippen LogP contribution in [0.5, 0.6) is 0 Å². The van der Waals surface area contributed by atoms with Gasteiger partial charge in [-0.3, -0.25) is 4.79 Å². The summed E-state index contributed by atoms with van der Waals surface area (Å²) < 4.78 is 0. The Balaban J connectivity index is 3.56. The molecule has 0 unspecified atom stereocenters. The molecule has 0 saturated heterocycles. The van der Waals surface area contributed by atoms with E-state index in [0.717, 1.165) is 5.49 Å². The lowest BCUT2D eigenvalue weighted by molar-refractivity contribution is -0.109. The van der Waals surface area contributed by atoms with Gasteiger partial charge in [0.2, 0.25) is 0 Å². The topological polar surface area (TPSA) is 29.1 Å². The Morgan fingerprint density at radius 3 is 2.40 bits per heavy atom. The zero-order chi connectivity index (χ0) is 8.20. The molecule has 60 valence electrons. The van der Waals surface area contributed by atoms with Crippen LogP contribution in [0.3, 0.4) is 0 Å². The van der Waals surface area contributed by atoms with Gasteiger partial charge in [-0.25, -0.2) is 0 Å². The molecule has 0 fully saturated rings. The Hall–Kier alpha value is 0.410. The lowest BCUT2D eigenvalue weighted by Crippen LogP contribution is -2.10. The van der Waals surface area contributed by atoms with Crippen LogP contribution >= 0.6 is 19.2 Å². The van der Waals surface area contributed by atoms with E-state index in [1.54, 1.807) is 6.92 Å². The summed E-state index contributed by atoms with van der Waals surface area (Å²) in [6.45, 7) is 5.98. The van der Waals surface area contributed by atoms with Crippen LogP contribution in [-0.4, -0.2) is 31.0 Å². The molecule has 0 saturated carbocycles. The van der Waals surface area contributed by atoms with E-state index in [1.807, 2.05) is 7.05 Å². The monoisotopic (exact) mass is 180 g/mol. The van der Waals surface area contributed by atoms with Crippen molar-refractivity contribution in [1.82, 2.24) is 5.09 Å². The molecule has 0 aromatic heterocycles. The molecular formula is C6H15NOPS+. The maximum Gasteiger partial charge on any atom is 0.189 e. The summed E-state index contributed by atoms with van der Waals surface area (Å²) in [5.74, 6) is 0. The molecule has 0 aliphatic rings. The van der Waals surface area contributed by atoms with Crippen LogP contribution in [0.4, 0.5) is 0 Å². The number of rotatable bonds is 3. The van der Waals surface area contributed by atoms with Crippen LogP contribution in [0.25, 0.3) is 0 Å². The SMILES string of the molecule is CN[P+](C)(C)CSC(C)=O. The highest BCUT2D eigenvalue weighted by molar-refractivity contribution is 8.18. The molecule has 0 amide bonds. The van der Waals surface area contributed by atoms with Gasteiger partial charge < -0.3 is 0 Å². The Kier molecular flexibility index (Phi) is 4.50. The van der Waals surface area contributed by atoms with Gasteiger partial charge in [0, 0.05) is 14.0 Å². The lowest BCUT2D eigenvalue weighted by Gasteiger charge is -2.13. The highest BCUT2D eigenvalue weighted by Crippen LogP contribution is 2.48. The first-order valence-corrected chi connectivity index (χ1v) is 6.99. The van der Waals surface area contributed by atoms with Gasteiger partial charge in [0.15, 0.2) is 5.12 Å². The van der Waals surface area contributed by atoms with Crippen LogP contribution in [0.15, 0.2) is 0 Å². The summed E-state index contributed by atoms with van der Waals surface area (Å²) in [6.07, 6.45) is 0. The number of thioether (sulfide) groups is 1. The molecule has 0 aliphatic heterocycles. The van der Waals surface area contributed by atoms with E-state index in [0.29, 0.717) is 0 Å². The summed E-state index contributed by atoms with van der Waals surface area (Å²) in [5, 5.41) is 3.45. The molecule has 0 aliphatic carbocycles. The second-order valence-electron chi connectivity index (χ2n) is 2.67. The Labute approximate surface area is 67.5 Å². The third-order valence-electron chi connectivity index (χ3n) is 1.20. The van der Waals surface area contributed by atoms with Crippen molar-refractivity contribution in [2.24, 2.45) is 0 Å². The quantitative estimate of drug-likeness (QED) is 0.669. The summed E-state index contributed by atoms with van der Waals surface area (Å²) in [6, 6.07) is 0. The Morgan fingerprint density at radius 1 is 1.60 bits per heavy atom. The number of hydrogen-bond donors (Lipinski definition) is 1. The second-order valence-corrected chi connectivity index (χ2v) is 8.39. The maximum absolute atomic E-state index is 10.6. The zero-order valence-electron chi connectivity index (χ0n) is 6.97. The number of carbonyl (C=O) groups is 1. The maximum atomic E-state index is 10.6. The van der Waals surface area contributed by atoms with Crippen LogP contribution in [-0.2, 0) is 4.79 Å². The van der Waals surface area contributed by atoms with E-state index < -0.39 is 7.41 Å². The van der Waals surface area contributed by atoms with Crippen LogP contribution in [0.1, 0.15) is 6.92 Å². The van der Waals surface area contributed by atoms with E-state index in [9.17, 15) is 4.79 Å². The molecule has 4 heteroatoms. The average Bonchev–Trinajstić information content (AvgIpc) is 1.85. The van der Waals surface area contributed by atoms with Crippen molar-refractivity contribution in [3.63, 3.8) is 0 Å². The molecule has 0 radical (unpaired) electrons. The molecule has 0 aromatic carbocycles. The van der Waals surface area contributed by atoms with Gasteiger partial charge in [0.1, 0.15) is 5.49 Å². The van der Waals surface area contributed by atoms with Crippen molar-refractivity contribution in [1.29, 1.82) is 0 Å². The second kappa shape index (κ2) is 4.32. The van der Waals surface area contributed by atoms with Crippen molar-refractivity contribution in [2.45, 2.75) is 6.92 Å². The van der Waals surface area contributed by atoms with Gasteiger partial charge in [0.05, 0.1) is 20.7 Å². The Bertz CT molecular complexity index is 127. The smallest absolute Gasteiger partial charge is 0.189 e. The van der Waals surface area contributed by atoms with Gasteiger partial charge in [-0.1, -0.05) is 0 Å². The third-order valence-corrected chi connectivity index (χ3v) is 5.91. The first kappa shape index (κ1) is 10.4. The summed E-state index contributed by atoms with van der Waals surface area (Å²) in [4.78, 5) is 10.6. The minimum Gasteiger partial charge on any atom is -0.287 e. The van der Waals surface area contributed by atoms with Crippen molar-refractivity contribution in [3.05, 3.63) is 0 Å². The summed E-state index contributed by atoms with van der Waals surface area (Å²) >= 11 is 1.41. The number of carbonyl (C=O) groups excluding carboxylic acids is 1. The summed E-state index contributed by atoms with van der Waals surface area (Å²) in [5.41, 5.74) is 0.943. The highest BCUT2D eigenvalue weighted by Gasteiger charge is 2.22. The van der Waals surface area contributed by atoms with E-state index in [4.69, 9.17) is 0 Å². The van der Waals surface area contributed by atoms with E-state index in [-0.39, 0.29) is 5.12 Å².